The van der Waals surface area contributed by atoms with Gasteiger partial charge in [-0.05, 0) is 38.0 Å². The zero-order valence-electron chi connectivity index (χ0n) is 11.2. The van der Waals surface area contributed by atoms with Gasteiger partial charge in [-0.1, -0.05) is 6.42 Å². The summed E-state index contributed by atoms with van der Waals surface area (Å²) >= 11 is 0. The van der Waals surface area contributed by atoms with Gasteiger partial charge in [-0.3, -0.25) is 0 Å². The van der Waals surface area contributed by atoms with E-state index in [9.17, 15) is 8.42 Å². The third-order valence-corrected chi connectivity index (χ3v) is 5.60. The molecule has 2 saturated carbocycles. The quantitative estimate of drug-likeness (QED) is 0.713. The van der Waals surface area contributed by atoms with Gasteiger partial charge in [0.25, 0.3) is 0 Å². The van der Waals surface area contributed by atoms with Crippen LogP contribution in [0.5, 0.6) is 0 Å². The number of nitrogens with one attached hydrogen (secondary N) is 1. The number of rotatable bonds is 7. The predicted molar refractivity (Wildman–Crippen MR) is 72.4 cm³/mol. The molecule has 0 amide bonds. The summed E-state index contributed by atoms with van der Waals surface area (Å²) in [6.07, 6.45) is 7.71. The molecule has 2 aliphatic rings. The highest BCUT2D eigenvalue weighted by atomic mass is 32.2. The Labute approximate surface area is 110 Å². The number of ether oxygens (including phenoxy) is 1. The molecule has 2 atom stereocenters. The average molecular weight is 275 g/mol. The third-order valence-electron chi connectivity index (χ3n) is 3.96. The van der Waals surface area contributed by atoms with Crippen LogP contribution in [0.1, 0.15) is 38.5 Å². The van der Waals surface area contributed by atoms with Crippen molar-refractivity contribution in [2.24, 2.45) is 5.92 Å². The van der Waals surface area contributed by atoms with Crippen LogP contribution in [0.4, 0.5) is 0 Å². The Hall–Kier alpha value is -0.130. The van der Waals surface area contributed by atoms with Gasteiger partial charge in [0.15, 0.2) is 0 Å². The van der Waals surface area contributed by atoms with Crippen LogP contribution >= 0.6 is 0 Å². The molecule has 0 saturated heterocycles. The zero-order valence-corrected chi connectivity index (χ0v) is 12.0. The molecule has 0 aromatic carbocycles. The van der Waals surface area contributed by atoms with Crippen molar-refractivity contribution in [1.29, 1.82) is 0 Å². The first-order valence-corrected chi connectivity index (χ1v) is 9.01. The van der Waals surface area contributed by atoms with Crippen molar-refractivity contribution in [2.45, 2.75) is 49.8 Å². The standard InChI is InChI=1S/C13H25NO3S/c1-18(15,16)13-4-2-3-12(9-13)14-7-8-17-10-11-5-6-11/h11-14H,2-10H2,1H3. The zero-order chi connectivity index (χ0) is 13.0. The van der Waals surface area contributed by atoms with Crippen molar-refractivity contribution in [3.05, 3.63) is 0 Å². The van der Waals surface area contributed by atoms with Crippen LogP contribution in [0.15, 0.2) is 0 Å². The molecule has 2 aliphatic carbocycles. The lowest BCUT2D eigenvalue weighted by molar-refractivity contribution is 0.123. The highest BCUT2D eigenvalue weighted by Crippen LogP contribution is 2.28. The normalized spacial score (nSPS) is 29.4. The van der Waals surface area contributed by atoms with Crippen LogP contribution in [0.25, 0.3) is 0 Å². The molecule has 0 aromatic rings. The summed E-state index contributed by atoms with van der Waals surface area (Å²) in [4.78, 5) is 0. The van der Waals surface area contributed by atoms with E-state index >= 15 is 0 Å². The lowest BCUT2D eigenvalue weighted by Gasteiger charge is -2.28. The minimum absolute atomic E-state index is 0.142. The van der Waals surface area contributed by atoms with Crippen LogP contribution in [-0.2, 0) is 14.6 Å². The summed E-state index contributed by atoms with van der Waals surface area (Å²) < 4.78 is 28.6. The van der Waals surface area contributed by atoms with Crippen molar-refractivity contribution in [1.82, 2.24) is 5.32 Å². The Morgan fingerprint density at radius 3 is 2.67 bits per heavy atom. The lowest BCUT2D eigenvalue weighted by Crippen LogP contribution is -2.40. The minimum atomic E-state index is -2.87. The van der Waals surface area contributed by atoms with Gasteiger partial charge in [0.2, 0.25) is 0 Å². The van der Waals surface area contributed by atoms with E-state index in [1.807, 2.05) is 0 Å². The Balaban J connectivity index is 1.59. The van der Waals surface area contributed by atoms with E-state index < -0.39 is 9.84 Å². The van der Waals surface area contributed by atoms with Crippen LogP contribution in [-0.4, -0.2) is 45.7 Å². The molecule has 4 nitrogen and oxygen atoms in total. The smallest absolute Gasteiger partial charge is 0.150 e. The SMILES string of the molecule is CS(=O)(=O)C1CCCC(NCCOCC2CC2)C1. The van der Waals surface area contributed by atoms with E-state index in [0.29, 0.717) is 6.04 Å². The summed E-state index contributed by atoms with van der Waals surface area (Å²) in [7, 11) is -2.87. The molecule has 0 spiro atoms. The third kappa shape index (κ3) is 4.86. The maximum atomic E-state index is 11.5. The van der Waals surface area contributed by atoms with Gasteiger partial charge in [0.05, 0.1) is 11.9 Å². The van der Waals surface area contributed by atoms with E-state index in [2.05, 4.69) is 5.32 Å². The second-order valence-corrected chi connectivity index (χ2v) is 8.11. The fourth-order valence-corrected chi connectivity index (χ4v) is 3.77. The molecular weight excluding hydrogens is 250 g/mol. The lowest BCUT2D eigenvalue weighted by atomic mass is 9.95. The van der Waals surface area contributed by atoms with Crippen LogP contribution in [0.2, 0.25) is 0 Å². The van der Waals surface area contributed by atoms with Crippen LogP contribution < -0.4 is 5.32 Å². The van der Waals surface area contributed by atoms with Gasteiger partial charge in [0.1, 0.15) is 9.84 Å². The molecule has 0 radical (unpaired) electrons. The van der Waals surface area contributed by atoms with Crippen molar-refractivity contribution in [3.8, 4) is 0 Å². The first-order valence-electron chi connectivity index (χ1n) is 7.05. The van der Waals surface area contributed by atoms with E-state index in [4.69, 9.17) is 4.74 Å². The fraction of sp³-hybridized carbons (Fsp3) is 1.00. The predicted octanol–water partition coefficient (Wildman–Crippen LogP) is 1.36. The molecule has 5 heteroatoms. The monoisotopic (exact) mass is 275 g/mol. The van der Waals surface area contributed by atoms with Gasteiger partial charge < -0.3 is 10.1 Å². The van der Waals surface area contributed by atoms with Gasteiger partial charge in [-0.15, -0.1) is 0 Å². The minimum Gasteiger partial charge on any atom is -0.380 e. The highest BCUT2D eigenvalue weighted by Gasteiger charge is 2.28. The molecule has 106 valence electrons. The van der Waals surface area contributed by atoms with Crippen LogP contribution in [0.3, 0.4) is 0 Å². The molecule has 0 aromatic heterocycles. The summed E-state index contributed by atoms with van der Waals surface area (Å²) in [6, 6.07) is 0.350. The Morgan fingerprint density at radius 2 is 2.00 bits per heavy atom. The van der Waals surface area contributed by atoms with Crippen LogP contribution in [0, 0.1) is 5.92 Å². The van der Waals surface area contributed by atoms with Crippen molar-refractivity contribution < 1.29 is 13.2 Å². The second kappa shape index (κ2) is 6.35. The van der Waals surface area contributed by atoms with E-state index in [1.54, 1.807) is 0 Å². The molecule has 18 heavy (non-hydrogen) atoms. The van der Waals surface area contributed by atoms with Crippen molar-refractivity contribution in [3.63, 3.8) is 0 Å². The second-order valence-electron chi connectivity index (χ2n) is 5.79. The van der Waals surface area contributed by atoms with Gasteiger partial charge in [-0.25, -0.2) is 8.42 Å². The topological polar surface area (TPSA) is 55.4 Å². The molecule has 0 aliphatic heterocycles. The van der Waals surface area contributed by atoms with E-state index in [1.165, 1.54) is 19.1 Å². The van der Waals surface area contributed by atoms with Crippen molar-refractivity contribution in [2.75, 3.05) is 26.0 Å². The summed E-state index contributed by atoms with van der Waals surface area (Å²) in [6.45, 7) is 2.49. The largest absolute Gasteiger partial charge is 0.380 e. The maximum absolute atomic E-state index is 11.5. The Morgan fingerprint density at radius 1 is 1.22 bits per heavy atom. The Kier molecular flexibility index (Phi) is 5.04. The van der Waals surface area contributed by atoms with Gasteiger partial charge in [-0.2, -0.15) is 0 Å². The molecule has 1 N–H and O–H groups in total. The molecule has 2 rings (SSSR count). The summed E-state index contributed by atoms with van der Waals surface area (Å²) in [5, 5.41) is 3.29. The van der Waals surface area contributed by atoms with Gasteiger partial charge in [0, 0.05) is 25.4 Å². The fourth-order valence-electron chi connectivity index (χ4n) is 2.59. The highest BCUT2D eigenvalue weighted by molar-refractivity contribution is 7.91. The van der Waals surface area contributed by atoms with Crippen molar-refractivity contribution >= 4 is 9.84 Å². The van der Waals surface area contributed by atoms with E-state index in [-0.39, 0.29) is 5.25 Å². The molecule has 2 fully saturated rings. The molecule has 2 unspecified atom stereocenters. The Bertz CT molecular complexity index is 351. The van der Waals surface area contributed by atoms with Gasteiger partial charge >= 0.3 is 0 Å². The number of sulfone groups is 1. The number of hydrogen-bond donors (Lipinski definition) is 1. The average Bonchev–Trinajstić information content (AvgIpc) is 3.12. The molecular formula is C13H25NO3S. The number of hydrogen-bond acceptors (Lipinski definition) is 4. The molecule has 0 bridgehead atoms. The first-order chi connectivity index (χ1) is 8.55. The summed E-state index contributed by atoms with van der Waals surface area (Å²) in [5.74, 6) is 0.814. The first kappa shape index (κ1) is 14.3. The molecule has 0 heterocycles. The summed E-state index contributed by atoms with van der Waals surface area (Å²) in [5.41, 5.74) is 0. The maximum Gasteiger partial charge on any atom is 0.150 e. The van der Waals surface area contributed by atoms with E-state index in [0.717, 1.165) is 51.4 Å².